The third-order valence-corrected chi connectivity index (χ3v) is 4.42. The highest BCUT2D eigenvalue weighted by Gasteiger charge is 2.20. The fourth-order valence-corrected chi connectivity index (χ4v) is 2.88. The number of hydrogen-bond acceptors (Lipinski definition) is 3. The largest absolute Gasteiger partial charge is 0.481 e. The molecule has 0 radical (unpaired) electrons. The first-order valence-corrected chi connectivity index (χ1v) is 8.70. The number of aromatic nitrogens is 2. The smallest absolute Gasteiger partial charge is 0.305 e. The number of para-hydroxylation sites is 1. The second-order valence-electron chi connectivity index (χ2n) is 6.14. The number of carbonyl (C=O) groups excluding carboxylic acids is 1. The number of carboxylic acid groups (broad SMARTS) is 1. The molecule has 1 heterocycles. The molecule has 0 saturated heterocycles. The van der Waals surface area contributed by atoms with Crippen LogP contribution in [-0.4, -0.2) is 26.8 Å². The van der Waals surface area contributed by atoms with Crippen LogP contribution in [0.4, 0.5) is 0 Å². The van der Waals surface area contributed by atoms with Crippen LogP contribution in [0.15, 0.2) is 60.9 Å². The Labute approximate surface area is 161 Å². The molecule has 7 heteroatoms. The summed E-state index contributed by atoms with van der Waals surface area (Å²) in [5.74, 6) is -1.40. The van der Waals surface area contributed by atoms with Crippen LogP contribution in [0.1, 0.15) is 33.9 Å². The van der Waals surface area contributed by atoms with E-state index in [9.17, 15) is 14.7 Å². The van der Waals surface area contributed by atoms with Crippen LogP contribution >= 0.6 is 11.6 Å². The quantitative estimate of drug-likeness (QED) is 0.678. The Morgan fingerprint density at radius 3 is 2.56 bits per heavy atom. The first kappa shape index (κ1) is 18.7. The van der Waals surface area contributed by atoms with Crippen molar-refractivity contribution in [1.29, 1.82) is 0 Å². The standard InChI is InChI=1S/C20H18ClN3O3/c1-13-4-2-3-5-18(13)24-12-15(11-22-24)20(27)23-17(10-19(25)26)14-6-8-16(21)9-7-14/h2-9,11-12,17H,10H2,1H3,(H,23,27)(H,25,26). The summed E-state index contributed by atoms with van der Waals surface area (Å²) in [5.41, 5.74) is 2.91. The maximum atomic E-state index is 12.6. The Kier molecular flexibility index (Phi) is 5.57. The van der Waals surface area contributed by atoms with Crippen molar-refractivity contribution in [2.24, 2.45) is 0 Å². The van der Waals surface area contributed by atoms with Crippen LogP contribution in [0.3, 0.4) is 0 Å². The first-order chi connectivity index (χ1) is 12.9. The Balaban J connectivity index is 1.81. The average molecular weight is 384 g/mol. The molecule has 0 aliphatic carbocycles. The molecule has 138 valence electrons. The highest BCUT2D eigenvalue weighted by Crippen LogP contribution is 2.20. The lowest BCUT2D eigenvalue weighted by Gasteiger charge is -2.17. The molecule has 0 fully saturated rings. The van der Waals surface area contributed by atoms with Crippen molar-refractivity contribution in [3.63, 3.8) is 0 Å². The molecule has 2 N–H and O–H groups in total. The van der Waals surface area contributed by atoms with Crippen molar-refractivity contribution in [2.75, 3.05) is 0 Å². The molecular formula is C20H18ClN3O3. The number of carbonyl (C=O) groups is 2. The van der Waals surface area contributed by atoms with Gasteiger partial charge in [0.15, 0.2) is 0 Å². The van der Waals surface area contributed by atoms with E-state index in [2.05, 4.69) is 10.4 Å². The fourth-order valence-electron chi connectivity index (χ4n) is 2.76. The Hall–Kier alpha value is -3.12. The van der Waals surface area contributed by atoms with Gasteiger partial charge < -0.3 is 10.4 Å². The van der Waals surface area contributed by atoms with E-state index in [4.69, 9.17) is 11.6 Å². The van der Waals surface area contributed by atoms with Gasteiger partial charge >= 0.3 is 5.97 Å². The van der Waals surface area contributed by atoms with Gasteiger partial charge in [0.1, 0.15) is 0 Å². The lowest BCUT2D eigenvalue weighted by Crippen LogP contribution is -2.30. The highest BCUT2D eigenvalue weighted by atomic mass is 35.5. The zero-order valence-electron chi connectivity index (χ0n) is 14.6. The molecule has 1 atom stereocenters. The van der Waals surface area contributed by atoms with Gasteiger partial charge in [-0.15, -0.1) is 0 Å². The van der Waals surface area contributed by atoms with Crippen LogP contribution in [0, 0.1) is 6.92 Å². The van der Waals surface area contributed by atoms with E-state index in [1.165, 1.54) is 6.20 Å². The summed E-state index contributed by atoms with van der Waals surface area (Å²) < 4.78 is 1.62. The maximum Gasteiger partial charge on any atom is 0.305 e. The van der Waals surface area contributed by atoms with Gasteiger partial charge in [-0.3, -0.25) is 9.59 Å². The van der Waals surface area contributed by atoms with E-state index < -0.39 is 17.9 Å². The van der Waals surface area contributed by atoms with Gasteiger partial charge in [0.2, 0.25) is 0 Å². The number of nitrogens with one attached hydrogen (secondary N) is 1. The predicted octanol–water partition coefficient (Wildman–Crippen LogP) is 3.78. The van der Waals surface area contributed by atoms with Crippen LogP contribution in [0.5, 0.6) is 0 Å². The molecule has 0 aliphatic rings. The summed E-state index contributed by atoms with van der Waals surface area (Å²) in [6.45, 7) is 1.96. The summed E-state index contributed by atoms with van der Waals surface area (Å²) in [4.78, 5) is 23.8. The van der Waals surface area contributed by atoms with Crippen molar-refractivity contribution in [2.45, 2.75) is 19.4 Å². The van der Waals surface area contributed by atoms with Crippen LogP contribution in [0.25, 0.3) is 5.69 Å². The zero-order chi connectivity index (χ0) is 19.4. The Morgan fingerprint density at radius 1 is 1.19 bits per heavy atom. The van der Waals surface area contributed by atoms with Crippen LogP contribution in [-0.2, 0) is 4.79 Å². The average Bonchev–Trinajstić information content (AvgIpc) is 3.12. The number of halogens is 1. The number of aryl methyl sites for hydroxylation is 1. The number of rotatable bonds is 6. The van der Waals surface area contributed by atoms with Crippen molar-refractivity contribution >= 4 is 23.5 Å². The predicted molar refractivity (Wildman–Crippen MR) is 102 cm³/mol. The van der Waals surface area contributed by atoms with Gasteiger partial charge in [-0.1, -0.05) is 41.9 Å². The number of carboxylic acids is 1. The van der Waals surface area contributed by atoms with Crippen LogP contribution in [0.2, 0.25) is 5.02 Å². The summed E-state index contributed by atoms with van der Waals surface area (Å²) >= 11 is 5.88. The summed E-state index contributed by atoms with van der Waals surface area (Å²) in [5, 5.41) is 16.7. The molecule has 0 saturated carbocycles. The Bertz CT molecular complexity index is 967. The number of hydrogen-bond donors (Lipinski definition) is 2. The monoisotopic (exact) mass is 383 g/mol. The van der Waals surface area contributed by atoms with Gasteiger partial charge in [0, 0.05) is 11.2 Å². The third-order valence-electron chi connectivity index (χ3n) is 4.16. The fraction of sp³-hybridized carbons (Fsp3) is 0.150. The third kappa shape index (κ3) is 4.54. The maximum absolute atomic E-state index is 12.6. The van der Waals surface area contributed by atoms with Gasteiger partial charge in [0.25, 0.3) is 5.91 Å². The molecule has 0 aliphatic heterocycles. The van der Waals surface area contributed by atoms with Gasteiger partial charge in [-0.25, -0.2) is 4.68 Å². The van der Waals surface area contributed by atoms with Gasteiger partial charge in [-0.05, 0) is 36.2 Å². The van der Waals surface area contributed by atoms with E-state index in [-0.39, 0.29) is 6.42 Å². The number of aliphatic carboxylic acids is 1. The molecule has 3 rings (SSSR count). The van der Waals surface area contributed by atoms with Gasteiger partial charge in [0.05, 0.1) is 29.9 Å². The normalized spacial score (nSPS) is 11.8. The van der Waals surface area contributed by atoms with E-state index in [1.807, 2.05) is 31.2 Å². The molecule has 27 heavy (non-hydrogen) atoms. The van der Waals surface area contributed by atoms with E-state index >= 15 is 0 Å². The lowest BCUT2D eigenvalue weighted by molar-refractivity contribution is -0.137. The van der Waals surface area contributed by atoms with Crippen molar-refractivity contribution in [1.82, 2.24) is 15.1 Å². The minimum Gasteiger partial charge on any atom is -0.481 e. The molecule has 3 aromatic rings. The van der Waals surface area contributed by atoms with E-state index in [1.54, 1.807) is 35.1 Å². The minimum absolute atomic E-state index is 0.237. The van der Waals surface area contributed by atoms with Crippen LogP contribution < -0.4 is 5.32 Å². The molecule has 0 bridgehead atoms. The molecule has 6 nitrogen and oxygen atoms in total. The summed E-state index contributed by atoms with van der Waals surface area (Å²) in [7, 11) is 0. The number of benzene rings is 2. The number of nitrogens with zero attached hydrogens (tertiary/aromatic N) is 2. The molecule has 1 amide bonds. The zero-order valence-corrected chi connectivity index (χ0v) is 15.3. The SMILES string of the molecule is Cc1ccccc1-n1cc(C(=O)NC(CC(=O)O)c2ccc(Cl)cc2)cn1. The second-order valence-corrected chi connectivity index (χ2v) is 6.57. The lowest BCUT2D eigenvalue weighted by atomic mass is 10.0. The molecule has 1 unspecified atom stereocenters. The minimum atomic E-state index is -1.01. The second kappa shape index (κ2) is 8.05. The summed E-state index contributed by atoms with van der Waals surface area (Å²) in [6, 6.07) is 13.7. The first-order valence-electron chi connectivity index (χ1n) is 8.33. The van der Waals surface area contributed by atoms with Crippen molar-refractivity contribution in [3.8, 4) is 5.69 Å². The molecule has 0 spiro atoms. The van der Waals surface area contributed by atoms with Crippen molar-refractivity contribution < 1.29 is 14.7 Å². The van der Waals surface area contributed by atoms with Crippen molar-refractivity contribution in [3.05, 3.63) is 82.6 Å². The van der Waals surface area contributed by atoms with E-state index in [0.29, 0.717) is 16.1 Å². The molecule has 1 aromatic heterocycles. The highest BCUT2D eigenvalue weighted by molar-refractivity contribution is 6.30. The molecular weight excluding hydrogens is 366 g/mol. The topological polar surface area (TPSA) is 84.2 Å². The van der Waals surface area contributed by atoms with Gasteiger partial charge in [-0.2, -0.15) is 5.10 Å². The number of amides is 1. The molecule has 2 aromatic carbocycles. The Morgan fingerprint density at radius 2 is 1.89 bits per heavy atom. The summed E-state index contributed by atoms with van der Waals surface area (Å²) in [6.07, 6.45) is 2.85. The van der Waals surface area contributed by atoms with E-state index in [0.717, 1.165) is 11.3 Å².